The number of benzene rings is 3. The van der Waals surface area contributed by atoms with Gasteiger partial charge in [0.05, 0.1) is 6.42 Å². The van der Waals surface area contributed by atoms with E-state index in [0.717, 1.165) is 60.5 Å². The third-order valence-corrected chi connectivity index (χ3v) is 8.62. The number of nitrogens with one attached hydrogen (secondary N) is 2. The zero-order valence-corrected chi connectivity index (χ0v) is 24.2. The average Bonchev–Trinajstić information content (AvgIpc) is 3.51. The molecule has 0 radical (unpaired) electrons. The molecule has 6 nitrogen and oxygen atoms in total. The second kappa shape index (κ2) is 14.2. The van der Waals surface area contributed by atoms with E-state index in [1.165, 1.54) is 5.56 Å². The van der Waals surface area contributed by atoms with Crippen molar-refractivity contribution in [2.75, 3.05) is 18.4 Å². The maximum Gasteiger partial charge on any atom is 0.251 e. The highest BCUT2D eigenvalue weighted by molar-refractivity contribution is 7.10. The van der Waals surface area contributed by atoms with Crippen molar-refractivity contribution in [2.45, 2.75) is 45.3 Å². The number of thiophene rings is 1. The highest BCUT2D eigenvalue weighted by Crippen LogP contribution is 2.26. The van der Waals surface area contributed by atoms with Gasteiger partial charge in [-0.25, -0.2) is 0 Å². The van der Waals surface area contributed by atoms with E-state index in [4.69, 9.17) is 5.73 Å². The van der Waals surface area contributed by atoms with Gasteiger partial charge in [0, 0.05) is 35.8 Å². The molecule has 0 unspecified atom stereocenters. The summed E-state index contributed by atoms with van der Waals surface area (Å²) in [5.74, 6) is 0.443. The predicted molar refractivity (Wildman–Crippen MR) is 167 cm³/mol. The summed E-state index contributed by atoms with van der Waals surface area (Å²) in [5.41, 5.74) is 11.4. The summed E-state index contributed by atoms with van der Waals surface area (Å²) in [6.07, 6.45) is 3.75. The minimum Gasteiger partial charge on any atom is -0.348 e. The van der Waals surface area contributed by atoms with Crippen LogP contribution in [0, 0.1) is 5.92 Å². The Balaban J connectivity index is 1.24. The summed E-state index contributed by atoms with van der Waals surface area (Å²) >= 11 is 1.57. The van der Waals surface area contributed by atoms with Crippen molar-refractivity contribution < 1.29 is 9.59 Å². The third-order valence-electron chi connectivity index (χ3n) is 7.74. The van der Waals surface area contributed by atoms with Crippen LogP contribution in [-0.2, 0) is 37.3 Å². The SMILES string of the molecule is NCc1ccc(CNC(=O)c2ccc(CN3CCC(Cc4ccccc4)CC3)c(NC(=O)Cc3cccs3)c2)cc1. The van der Waals surface area contributed by atoms with Crippen molar-refractivity contribution in [2.24, 2.45) is 11.7 Å². The largest absolute Gasteiger partial charge is 0.348 e. The number of hydrogen-bond acceptors (Lipinski definition) is 5. The van der Waals surface area contributed by atoms with Crippen LogP contribution in [-0.4, -0.2) is 29.8 Å². The summed E-state index contributed by atoms with van der Waals surface area (Å²) < 4.78 is 0. The van der Waals surface area contributed by atoms with Crippen LogP contribution in [0.1, 0.15) is 50.3 Å². The van der Waals surface area contributed by atoms with Crippen LogP contribution in [0.5, 0.6) is 0 Å². The Labute approximate surface area is 246 Å². The van der Waals surface area contributed by atoms with Gasteiger partial charge >= 0.3 is 0 Å². The van der Waals surface area contributed by atoms with E-state index >= 15 is 0 Å². The summed E-state index contributed by atoms with van der Waals surface area (Å²) in [5, 5.41) is 8.09. The number of likely N-dealkylation sites (tertiary alicyclic amines) is 1. The molecule has 1 saturated heterocycles. The Morgan fingerprint density at radius 3 is 2.34 bits per heavy atom. The van der Waals surface area contributed by atoms with Gasteiger partial charge in [0.25, 0.3) is 5.91 Å². The maximum atomic E-state index is 13.1. The number of carbonyl (C=O) groups excluding carboxylic acids is 2. The minimum absolute atomic E-state index is 0.0761. The molecule has 4 N–H and O–H groups in total. The van der Waals surface area contributed by atoms with Gasteiger partial charge in [0.1, 0.15) is 0 Å². The predicted octanol–water partition coefficient (Wildman–Crippen LogP) is 5.77. The van der Waals surface area contributed by atoms with E-state index in [2.05, 4.69) is 45.9 Å². The van der Waals surface area contributed by atoms with Gasteiger partial charge in [0.15, 0.2) is 0 Å². The summed E-state index contributed by atoms with van der Waals surface area (Å²) in [7, 11) is 0. The van der Waals surface area contributed by atoms with E-state index in [1.807, 2.05) is 60.0 Å². The molecular formula is C34H38N4O2S. The average molecular weight is 567 g/mol. The van der Waals surface area contributed by atoms with Crippen molar-refractivity contribution in [3.05, 3.63) is 123 Å². The van der Waals surface area contributed by atoms with Crippen molar-refractivity contribution in [3.8, 4) is 0 Å². The first-order valence-corrected chi connectivity index (χ1v) is 15.2. The number of hydrogen-bond donors (Lipinski definition) is 3. The molecule has 0 atom stereocenters. The van der Waals surface area contributed by atoms with E-state index in [0.29, 0.717) is 36.7 Å². The van der Waals surface area contributed by atoms with E-state index in [1.54, 1.807) is 11.3 Å². The molecule has 212 valence electrons. The fraction of sp³-hybridized carbons (Fsp3) is 0.294. The topological polar surface area (TPSA) is 87.5 Å². The van der Waals surface area contributed by atoms with Crippen molar-refractivity contribution in [1.82, 2.24) is 10.2 Å². The molecule has 3 aromatic carbocycles. The molecule has 0 aliphatic carbocycles. The normalized spacial score (nSPS) is 14.1. The first-order chi connectivity index (χ1) is 20.1. The molecular weight excluding hydrogens is 528 g/mol. The van der Waals surface area contributed by atoms with E-state index in [9.17, 15) is 9.59 Å². The number of piperidine rings is 1. The van der Waals surface area contributed by atoms with Crippen LogP contribution in [0.25, 0.3) is 0 Å². The quantitative estimate of drug-likeness (QED) is 0.215. The second-order valence-corrected chi connectivity index (χ2v) is 11.8. The molecule has 41 heavy (non-hydrogen) atoms. The molecule has 0 spiro atoms. The Morgan fingerprint density at radius 1 is 0.878 bits per heavy atom. The number of amides is 2. The van der Waals surface area contributed by atoms with Crippen LogP contribution in [0.2, 0.25) is 0 Å². The van der Waals surface area contributed by atoms with Crippen LogP contribution in [0.3, 0.4) is 0 Å². The van der Waals surface area contributed by atoms with Gasteiger partial charge in [-0.1, -0.05) is 66.7 Å². The fourth-order valence-corrected chi connectivity index (χ4v) is 6.06. The van der Waals surface area contributed by atoms with Crippen molar-refractivity contribution in [1.29, 1.82) is 0 Å². The molecule has 0 bridgehead atoms. The standard InChI is InChI=1S/C34H38N4O2S/c35-22-27-8-10-28(11-9-27)23-36-34(40)29-12-13-30(32(20-29)37-33(39)21-31-7-4-18-41-31)24-38-16-14-26(15-17-38)19-25-5-2-1-3-6-25/h1-13,18,20,26H,14-17,19,21-24,35H2,(H,36,40)(H,37,39). The molecule has 5 rings (SSSR count). The van der Waals surface area contributed by atoms with Gasteiger partial charge < -0.3 is 16.4 Å². The Kier molecular flexibility index (Phi) is 9.96. The van der Waals surface area contributed by atoms with Crippen molar-refractivity contribution in [3.63, 3.8) is 0 Å². The van der Waals surface area contributed by atoms with Gasteiger partial charge in [-0.3, -0.25) is 14.5 Å². The zero-order chi connectivity index (χ0) is 28.4. The smallest absolute Gasteiger partial charge is 0.251 e. The molecule has 4 aromatic rings. The van der Waals surface area contributed by atoms with E-state index < -0.39 is 0 Å². The summed E-state index contributed by atoms with van der Waals surface area (Å²) in [4.78, 5) is 29.5. The molecule has 1 aliphatic rings. The first-order valence-electron chi connectivity index (χ1n) is 14.3. The maximum absolute atomic E-state index is 13.1. The van der Waals surface area contributed by atoms with Gasteiger partial charge in [0.2, 0.25) is 5.91 Å². The number of anilines is 1. The highest BCUT2D eigenvalue weighted by atomic mass is 32.1. The van der Waals surface area contributed by atoms with Crippen LogP contribution in [0.4, 0.5) is 5.69 Å². The lowest BCUT2D eigenvalue weighted by atomic mass is 9.90. The molecule has 1 aliphatic heterocycles. The monoisotopic (exact) mass is 566 g/mol. The highest BCUT2D eigenvalue weighted by Gasteiger charge is 2.21. The molecule has 1 fully saturated rings. The molecule has 2 amide bonds. The molecule has 1 aromatic heterocycles. The second-order valence-electron chi connectivity index (χ2n) is 10.8. The number of nitrogens with two attached hydrogens (primary N) is 1. The Bertz CT molecular complexity index is 1410. The van der Waals surface area contributed by atoms with Crippen LogP contribution >= 0.6 is 11.3 Å². The lowest BCUT2D eigenvalue weighted by Gasteiger charge is -2.32. The van der Waals surface area contributed by atoms with Crippen molar-refractivity contribution >= 4 is 28.8 Å². The third kappa shape index (κ3) is 8.36. The van der Waals surface area contributed by atoms with E-state index in [-0.39, 0.29) is 11.8 Å². The summed E-state index contributed by atoms with van der Waals surface area (Å²) in [6, 6.07) is 28.2. The number of rotatable bonds is 11. The fourth-order valence-electron chi connectivity index (χ4n) is 5.35. The molecule has 7 heteroatoms. The van der Waals surface area contributed by atoms with Gasteiger partial charge in [-0.15, -0.1) is 11.3 Å². The molecule has 2 heterocycles. The van der Waals surface area contributed by atoms with Gasteiger partial charge in [-0.2, -0.15) is 0 Å². The van der Waals surface area contributed by atoms with Crippen LogP contribution in [0.15, 0.2) is 90.3 Å². The first kappa shape index (κ1) is 28.7. The molecule has 0 saturated carbocycles. The zero-order valence-electron chi connectivity index (χ0n) is 23.4. The number of nitrogens with zero attached hydrogens (tertiary/aromatic N) is 1. The Morgan fingerprint density at radius 2 is 1.63 bits per heavy atom. The Hall–Kier alpha value is -3.78. The van der Waals surface area contributed by atoms with Gasteiger partial charge in [-0.05, 0) is 84.1 Å². The lowest BCUT2D eigenvalue weighted by Crippen LogP contribution is -2.34. The lowest BCUT2D eigenvalue weighted by molar-refractivity contribution is -0.115. The number of carbonyl (C=O) groups is 2. The summed E-state index contributed by atoms with van der Waals surface area (Å²) in [6.45, 7) is 3.69. The minimum atomic E-state index is -0.171. The van der Waals surface area contributed by atoms with Crippen LogP contribution < -0.4 is 16.4 Å².